The fourth-order valence-electron chi connectivity index (χ4n) is 2.08. The lowest BCUT2D eigenvalue weighted by atomic mass is 10.0. The van der Waals surface area contributed by atoms with E-state index in [0.29, 0.717) is 12.6 Å². The van der Waals surface area contributed by atoms with Crippen molar-refractivity contribution in [3.05, 3.63) is 24.2 Å². The van der Waals surface area contributed by atoms with Gasteiger partial charge in [0.1, 0.15) is 5.76 Å². The monoisotopic (exact) mass is 238 g/mol. The number of piperidine rings is 1. The molecule has 1 aliphatic rings. The van der Waals surface area contributed by atoms with Crippen LogP contribution in [0, 0.1) is 0 Å². The minimum absolute atomic E-state index is 0.561. The average Bonchev–Trinajstić information content (AvgIpc) is 2.79. The van der Waals surface area contributed by atoms with Crippen molar-refractivity contribution in [2.24, 2.45) is 0 Å². The Labute approximate surface area is 102 Å². The van der Waals surface area contributed by atoms with E-state index in [1.807, 2.05) is 12.1 Å². The van der Waals surface area contributed by atoms with Crippen LogP contribution < -0.4 is 5.32 Å². The predicted octanol–water partition coefficient (Wildman–Crippen LogP) is 2.53. The molecule has 1 aromatic rings. The smallest absolute Gasteiger partial charge is 0.169 e. The first kappa shape index (κ1) is 11.5. The topological polar surface area (TPSA) is 28.4 Å². The molecular formula is C12H18N2OS. The molecule has 1 fully saturated rings. The highest BCUT2D eigenvalue weighted by Crippen LogP contribution is 2.16. The number of rotatable bonds is 2. The molecule has 0 amide bonds. The van der Waals surface area contributed by atoms with Crippen LogP contribution in [0.2, 0.25) is 0 Å². The molecule has 1 aliphatic heterocycles. The molecule has 0 aliphatic carbocycles. The lowest BCUT2D eigenvalue weighted by Gasteiger charge is -2.35. The lowest BCUT2D eigenvalue weighted by molar-refractivity contribution is 0.254. The highest BCUT2D eigenvalue weighted by Gasteiger charge is 2.20. The Bertz CT molecular complexity index is 337. The summed E-state index contributed by atoms with van der Waals surface area (Å²) in [4.78, 5) is 2.28. The summed E-state index contributed by atoms with van der Waals surface area (Å²) in [6.45, 7) is 3.99. The van der Waals surface area contributed by atoms with Crippen LogP contribution in [0.5, 0.6) is 0 Å². The second-order valence-electron chi connectivity index (χ2n) is 4.28. The third-order valence-electron chi connectivity index (χ3n) is 3.06. The van der Waals surface area contributed by atoms with Gasteiger partial charge in [0.05, 0.1) is 12.8 Å². The van der Waals surface area contributed by atoms with Gasteiger partial charge in [-0.2, -0.15) is 0 Å². The fraction of sp³-hybridized carbons (Fsp3) is 0.583. The van der Waals surface area contributed by atoms with Gasteiger partial charge < -0.3 is 14.6 Å². The van der Waals surface area contributed by atoms with Crippen molar-refractivity contribution in [1.29, 1.82) is 0 Å². The summed E-state index contributed by atoms with van der Waals surface area (Å²) < 4.78 is 5.26. The molecule has 88 valence electrons. The Morgan fingerprint density at radius 1 is 1.62 bits per heavy atom. The molecule has 3 nitrogen and oxygen atoms in total. The molecule has 16 heavy (non-hydrogen) atoms. The fourth-order valence-corrected chi connectivity index (χ4v) is 2.42. The van der Waals surface area contributed by atoms with Gasteiger partial charge in [-0.25, -0.2) is 0 Å². The molecule has 0 aromatic carbocycles. The molecule has 2 rings (SSSR count). The van der Waals surface area contributed by atoms with Gasteiger partial charge in [0.25, 0.3) is 0 Å². The van der Waals surface area contributed by atoms with Gasteiger partial charge in [0.15, 0.2) is 5.11 Å². The minimum Gasteiger partial charge on any atom is -0.467 e. The Morgan fingerprint density at radius 3 is 3.19 bits per heavy atom. The average molecular weight is 238 g/mol. The summed E-state index contributed by atoms with van der Waals surface area (Å²) in [6, 6.07) is 4.41. The third kappa shape index (κ3) is 2.76. The largest absolute Gasteiger partial charge is 0.467 e. The minimum atomic E-state index is 0.561. The first-order valence-electron chi connectivity index (χ1n) is 5.84. The van der Waals surface area contributed by atoms with Gasteiger partial charge in [-0.15, -0.1) is 0 Å². The maximum Gasteiger partial charge on any atom is 0.169 e. The van der Waals surface area contributed by atoms with Crippen molar-refractivity contribution >= 4 is 17.3 Å². The number of hydrogen-bond acceptors (Lipinski definition) is 2. The van der Waals surface area contributed by atoms with Gasteiger partial charge in [0, 0.05) is 12.6 Å². The Morgan fingerprint density at radius 2 is 2.50 bits per heavy atom. The van der Waals surface area contributed by atoms with Gasteiger partial charge in [-0.05, 0) is 50.5 Å². The van der Waals surface area contributed by atoms with E-state index < -0.39 is 0 Å². The van der Waals surface area contributed by atoms with Gasteiger partial charge in [-0.1, -0.05) is 0 Å². The van der Waals surface area contributed by atoms with Crippen molar-refractivity contribution in [2.75, 3.05) is 6.54 Å². The third-order valence-corrected chi connectivity index (χ3v) is 3.44. The number of furan rings is 1. The van der Waals surface area contributed by atoms with Crippen molar-refractivity contribution in [3.8, 4) is 0 Å². The predicted molar refractivity (Wildman–Crippen MR) is 68.2 cm³/mol. The molecule has 4 heteroatoms. The van der Waals surface area contributed by atoms with Crippen LogP contribution in [-0.2, 0) is 6.54 Å². The molecule has 0 spiro atoms. The summed E-state index contributed by atoms with van der Waals surface area (Å²) in [5, 5.41) is 4.10. The summed E-state index contributed by atoms with van der Waals surface area (Å²) >= 11 is 5.40. The standard InChI is InChI=1S/C12H18N2OS/c1-10-5-2-3-7-14(10)12(16)13-9-11-6-4-8-15-11/h4,6,8,10H,2-3,5,7,9H2,1H3,(H,13,16)/t10-/m0/s1. The van der Waals surface area contributed by atoms with Crippen LogP contribution in [0.15, 0.2) is 22.8 Å². The van der Waals surface area contributed by atoms with Crippen LogP contribution in [-0.4, -0.2) is 22.6 Å². The Kier molecular flexibility index (Phi) is 3.83. The summed E-state index contributed by atoms with van der Waals surface area (Å²) in [7, 11) is 0. The molecule has 0 bridgehead atoms. The second kappa shape index (κ2) is 5.34. The maximum absolute atomic E-state index is 5.40. The SMILES string of the molecule is C[C@H]1CCCCN1C(=S)NCc1ccco1. The quantitative estimate of drug-likeness (QED) is 0.802. The molecule has 1 atom stereocenters. The van der Waals surface area contributed by atoms with Crippen molar-refractivity contribution in [1.82, 2.24) is 10.2 Å². The van der Waals surface area contributed by atoms with E-state index in [9.17, 15) is 0 Å². The van der Waals surface area contributed by atoms with E-state index in [1.54, 1.807) is 6.26 Å². The molecule has 1 N–H and O–H groups in total. The second-order valence-corrected chi connectivity index (χ2v) is 4.66. The lowest BCUT2D eigenvalue weighted by Crippen LogP contribution is -2.47. The van der Waals surface area contributed by atoms with Crippen molar-refractivity contribution < 1.29 is 4.42 Å². The van der Waals surface area contributed by atoms with Gasteiger partial charge in [0.2, 0.25) is 0 Å². The van der Waals surface area contributed by atoms with Crippen LogP contribution in [0.4, 0.5) is 0 Å². The van der Waals surface area contributed by atoms with E-state index in [2.05, 4.69) is 17.1 Å². The first-order valence-corrected chi connectivity index (χ1v) is 6.25. The maximum atomic E-state index is 5.40. The molecule has 0 radical (unpaired) electrons. The van der Waals surface area contributed by atoms with E-state index in [-0.39, 0.29) is 0 Å². The van der Waals surface area contributed by atoms with Crippen LogP contribution in [0.3, 0.4) is 0 Å². The molecule has 1 aromatic heterocycles. The zero-order valence-corrected chi connectivity index (χ0v) is 10.4. The molecule has 0 saturated carbocycles. The molecule has 2 heterocycles. The van der Waals surface area contributed by atoms with Crippen LogP contribution in [0.1, 0.15) is 31.9 Å². The number of thiocarbonyl (C=S) groups is 1. The highest BCUT2D eigenvalue weighted by atomic mass is 32.1. The number of nitrogens with one attached hydrogen (secondary N) is 1. The normalized spacial score (nSPS) is 20.8. The van der Waals surface area contributed by atoms with Crippen LogP contribution in [0.25, 0.3) is 0 Å². The zero-order chi connectivity index (χ0) is 11.4. The highest BCUT2D eigenvalue weighted by molar-refractivity contribution is 7.80. The first-order chi connectivity index (χ1) is 7.77. The Hall–Kier alpha value is -1.03. The van der Waals surface area contributed by atoms with E-state index in [1.165, 1.54) is 19.3 Å². The summed E-state index contributed by atoms with van der Waals surface area (Å²) in [5.74, 6) is 0.923. The number of likely N-dealkylation sites (tertiary alicyclic amines) is 1. The molecule has 0 unspecified atom stereocenters. The van der Waals surface area contributed by atoms with E-state index >= 15 is 0 Å². The van der Waals surface area contributed by atoms with E-state index in [4.69, 9.17) is 16.6 Å². The van der Waals surface area contributed by atoms with Crippen molar-refractivity contribution in [2.45, 2.75) is 38.8 Å². The van der Waals surface area contributed by atoms with E-state index in [0.717, 1.165) is 17.4 Å². The molecule has 1 saturated heterocycles. The molecular weight excluding hydrogens is 220 g/mol. The zero-order valence-electron chi connectivity index (χ0n) is 9.61. The summed E-state index contributed by atoms with van der Waals surface area (Å²) in [6.07, 6.45) is 5.48. The Balaban J connectivity index is 1.83. The van der Waals surface area contributed by atoms with Gasteiger partial charge >= 0.3 is 0 Å². The number of nitrogens with zero attached hydrogens (tertiary/aromatic N) is 1. The number of hydrogen-bond donors (Lipinski definition) is 1. The summed E-state index contributed by atoms with van der Waals surface area (Å²) in [5.41, 5.74) is 0. The van der Waals surface area contributed by atoms with Crippen molar-refractivity contribution in [3.63, 3.8) is 0 Å². The van der Waals surface area contributed by atoms with Gasteiger partial charge in [-0.3, -0.25) is 0 Å². The van der Waals surface area contributed by atoms with Crippen LogP contribution >= 0.6 is 12.2 Å².